The third-order valence-electron chi connectivity index (χ3n) is 2.88. The van der Waals surface area contributed by atoms with Crippen molar-refractivity contribution in [2.45, 2.75) is 13.5 Å². The molecule has 0 N–H and O–H groups in total. The molecule has 108 valence electrons. The second-order valence-corrected chi connectivity index (χ2v) is 4.76. The van der Waals surface area contributed by atoms with Crippen LogP contribution < -0.4 is 4.74 Å². The van der Waals surface area contributed by atoms with E-state index in [0.29, 0.717) is 35.5 Å². The zero-order valence-electron chi connectivity index (χ0n) is 11.5. The van der Waals surface area contributed by atoms with Crippen molar-refractivity contribution in [3.05, 3.63) is 53.3 Å². The molecule has 0 unspecified atom stereocenters. The zero-order valence-corrected chi connectivity index (χ0v) is 12.2. The van der Waals surface area contributed by atoms with Crippen LogP contribution in [0.1, 0.15) is 12.6 Å². The van der Waals surface area contributed by atoms with Crippen LogP contribution in [0.25, 0.3) is 5.65 Å². The molecule has 0 aliphatic rings. The summed E-state index contributed by atoms with van der Waals surface area (Å²) in [7, 11) is 0. The van der Waals surface area contributed by atoms with Gasteiger partial charge in [0.2, 0.25) is 5.88 Å². The summed E-state index contributed by atoms with van der Waals surface area (Å²) in [5, 5.41) is 4.75. The molecule has 5 nitrogen and oxygen atoms in total. The van der Waals surface area contributed by atoms with Gasteiger partial charge in [0.25, 0.3) is 0 Å². The predicted molar refractivity (Wildman–Crippen MR) is 79.8 cm³/mol. The summed E-state index contributed by atoms with van der Waals surface area (Å²) in [5.41, 5.74) is 1.49. The molecule has 0 fully saturated rings. The van der Waals surface area contributed by atoms with Crippen molar-refractivity contribution in [3.8, 4) is 11.6 Å². The van der Waals surface area contributed by atoms with Crippen molar-refractivity contribution in [1.29, 1.82) is 0 Å². The van der Waals surface area contributed by atoms with Gasteiger partial charge in [0.05, 0.1) is 23.5 Å². The lowest BCUT2D eigenvalue weighted by atomic mass is 10.3. The average Bonchev–Trinajstić information content (AvgIpc) is 2.96. The van der Waals surface area contributed by atoms with Crippen LogP contribution in [0.2, 0.25) is 5.02 Å². The minimum absolute atomic E-state index is 0.428. The fraction of sp³-hybridized carbons (Fsp3) is 0.200. The highest BCUT2D eigenvalue weighted by atomic mass is 35.5. The molecule has 0 saturated heterocycles. The van der Waals surface area contributed by atoms with Crippen LogP contribution in [-0.4, -0.2) is 21.2 Å². The van der Waals surface area contributed by atoms with Crippen LogP contribution in [0.15, 0.2) is 42.6 Å². The van der Waals surface area contributed by atoms with E-state index in [0.717, 1.165) is 5.69 Å². The van der Waals surface area contributed by atoms with E-state index in [-0.39, 0.29) is 0 Å². The van der Waals surface area contributed by atoms with Gasteiger partial charge in [-0.25, -0.2) is 4.98 Å². The lowest BCUT2D eigenvalue weighted by molar-refractivity contribution is 0.131. The number of hydrogen-bond donors (Lipinski definition) is 0. The number of aromatic nitrogens is 3. The Morgan fingerprint density at radius 3 is 2.90 bits per heavy atom. The van der Waals surface area contributed by atoms with Crippen LogP contribution in [0, 0.1) is 0 Å². The Morgan fingerprint density at radius 2 is 2.10 bits per heavy atom. The molecule has 0 atom stereocenters. The first kappa shape index (κ1) is 13.9. The lowest BCUT2D eigenvalue weighted by Crippen LogP contribution is -2.02. The minimum Gasteiger partial charge on any atom is -0.437 e. The monoisotopic (exact) mass is 303 g/mol. The summed E-state index contributed by atoms with van der Waals surface area (Å²) in [6.07, 6.45) is 1.67. The van der Waals surface area contributed by atoms with Crippen molar-refractivity contribution in [3.63, 3.8) is 0 Å². The molecule has 3 aromatic rings. The fourth-order valence-corrected chi connectivity index (χ4v) is 2.10. The van der Waals surface area contributed by atoms with Gasteiger partial charge in [-0.1, -0.05) is 23.7 Å². The van der Waals surface area contributed by atoms with E-state index in [1.54, 1.807) is 28.9 Å². The van der Waals surface area contributed by atoms with Gasteiger partial charge in [-0.15, -0.1) is 0 Å². The Morgan fingerprint density at radius 1 is 1.24 bits per heavy atom. The van der Waals surface area contributed by atoms with Crippen LogP contribution in [0.4, 0.5) is 0 Å². The number of ether oxygens (including phenoxy) is 2. The first-order chi connectivity index (χ1) is 10.3. The van der Waals surface area contributed by atoms with Crippen molar-refractivity contribution in [2.75, 3.05) is 6.61 Å². The molecule has 3 rings (SSSR count). The third-order valence-corrected chi connectivity index (χ3v) is 3.20. The third kappa shape index (κ3) is 2.99. The van der Waals surface area contributed by atoms with Gasteiger partial charge < -0.3 is 9.47 Å². The van der Waals surface area contributed by atoms with E-state index in [1.165, 1.54) is 0 Å². The number of halogens is 1. The summed E-state index contributed by atoms with van der Waals surface area (Å²) in [4.78, 5) is 4.46. The van der Waals surface area contributed by atoms with Crippen LogP contribution in [-0.2, 0) is 11.3 Å². The van der Waals surface area contributed by atoms with Crippen molar-refractivity contribution >= 4 is 17.2 Å². The first-order valence-corrected chi connectivity index (χ1v) is 6.99. The van der Waals surface area contributed by atoms with Gasteiger partial charge in [-0.2, -0.15) is 9.61 Å². The van der Waals surface area contributed by atoms with Crippen molar-refractivity contribution in [1.82, 2.24) is 14.6 Å². The molecule has 0 saturated carbocycles. The van der Waals surface area contributed by atoms with E-state index in [2.05, 4.69) is 10.1 Å². The minimum atomic E-state index is 0.428. The smallest absolute Gasteiger partial charge is 0.224 e. The molecule has 6 heteroatoms. The first-order valence-electron chi connectivity index (χ1n) is 6.61. The Kier molecular flexibility index (Phi) is 4.03. The fourth-order valence-electron chi connectivity index (χ4n) is 1.93. The summed E-state index contributed by atoms with van der Waals surface area (Å²) >= 11 is 6.13. The number of hydrogen-bond acceptors (Lipinski definition) is 4. The molecule has 0 bridgehead atoms. The lowest BCUT2D eigenvalue weighted by Gasteiger charge is -2.10. The maximum atomic E-state index is 6.13. The van der Waals surface area contributed by atoms with Gasteiger partial charge in [-0.05, 0) is 19.1 Å². The number of fused-ring (bicyclic) bond motifs is 1. The number of nitrogens with zero attached hydrogens (tertiary/aromatic N) is 3. The summed E-state index contributed by atoms with van der Waals surface area (Å²) < 4.78 is 12.9. The molecule has 0 radical (unpaired) electrons. The van der Waals surface area contributed by atoms with E-state index >= 15 is 0 Å². The average molecular weight is 304 g/mol. The van der Waals surface area contributed by atoms with Crippen LogP contribution in [0.5, 0.6) is 11.6 Å². The van der Waals surface area contributed by atoms with E-state index in [4.69, 9.17) is 21.1 Å². The molecule has 2 aromatic heterocycles. The second kappa shape index (κ2) is 6.11. The Bertz CT molecular complexity index is 758. The highest BCUT2D eigenvalue weighted by Crippen LogP contribution is 2.29. The number of para-hydroxylation sites is 1. The Labute approximate surface area is 127 Å². The molecule has 0 aliphatic heterocycles. The summed E-state index contributed by atoms with van der Waals surface area (Å²) in [5.74, 6) is 1.12. The van der Waals surface area contributed by atoms with E-state index < -0.39 is 0 Å². The van der Waals surface area contributed by atoms with Gasteiger partial charge in [0.1, 0.15) is 5.75 Å². The molecule has 21 heavy (non-hydrogen) atoms. The van der Waals surface area contributed by atoms with Gasteiger partial charge in [0.15, 0.2) is 5.65 Å². The topological polar surface area (TPSA) is 48.7 Å². The number of benzene rings is 1. The van der Waals surface area contributed by atoms with E-state index in [1.807, 2.05) is 25.1 Å². The van der Waals surface area contributed by atoms with Crippen molar-refractivity contribution in [2.24, 2.45) is 0 Å². The molecule has 0 spiro atoms. The maximum absolute atomic E-state index is 6.13. The second-order valence-electron chi connectivity index (χ2n) is 4.36. The largest absolute Gasteiger partial charge is 0.437 e. The Hall–Kier alpha value is -2.11. The van der Waals surface area contributed by atoms with Crippen LogP contribution in [0.3, 0.4) is 0 Å². The molecule has 2 heterocycles. The standard InChI is InChI=1S/C15H14ClN3O2/c1-2-20-10-11-9-15(19-14(18-11)7-8-17-19)21-13-6-4-3-5-12(13)16/h3-9H,2,10H2,1H3. The normalized spacial score (nSPS) is 11.0. The summed E-state index contributed by atoms with van der Waals surface area (Å²) in [6, 6.07) is 10.9. The predicted octanol–water partition coefficient (Wildman–Crippen LogP) is 3.71. The molecule has 0 aliphatic carbocycles. The molecular weight excluding hydrogens is 290 g/mol. The summed E-state index contributed by atoms with van der Waals surface area (Å²) in [6.45, 7) is 3.00. The molecular formula is C15H14ClN3O2. The van der Waals surface area contributed by atoms with Crippen molar-refractivity contribution < 1.29 is 9.47 Å². The zero-order chi connectivity index (χ0) is 14.7. The SMILES string of the molecule is CCOCc1cc(Oc2ccccc2Cl)n2nccc2n1. The maximum Gasteiger partial charge on any atom is 0.224 e. The molecule has 0 amide bonds. The highest BCUT2D eigenvalue weighted by Gasteiger charge is 2.10. The van der Waals surface area contributed by atoms with Gasteiger partial charge in [0, 0.05) is 18.7 Å². The Balaban J connectivity index is 2.00. The van der Waals surface area contributed by atoms with E-state index in [9.17, 15) is 0 Å². The number of rotatable bonds is 5. The highest BCUT2D eigenvalue weighted by molar-refractivity contribution is 6.32. The van der Waals surface area contributed by atoms with Gasteiger partial charge >= 0.3 is 0 Å². The molecule has 1 aromatic carbocycles. The van der Waals surface area contributed by atoms with Crippen LogP contribution >= 0.6 is 11.6 Å². The van der Waals surface area contributed by atoms with Gasteiger partial charge in [-0.3, -0.25) is 0 Å². The quantitative estimate of drug-likeness (QED) is 0.721.